The highest BCUT2D eigenvalue weighted by atomic mass is 19.2. The largest absolute Gasteiger partial charge is 0.318 e. The quantitative estimate of drug-likeness (QED) is 0.577. The first-order valence-electron chi connectivity index (χ1n) is 4.64. The number of halogens is 3. The van der Waals surface area contributed by atoms with Crippen LogP contribution < -0.4 is 10.6 Å². The Kier molecular flexibility index (Phi) is 4.58. The van der Waals surface area contributed by atoms with Crippen molar-refractivity contribution in [2.24, 2.45) is 0 Å². The molecule has 0 saturated carbocycles. The van der Waals surface area contributed by atoms with Gasteiger partial charge in [-0.2, -0.15) is 0 Å². The van der Waals surface area contributed by atoms with Gasteiger partial charge >= 0.3 is 0 Å². The van der Waals surface area contributed by atoms with E-state index in [0.717, 1.165) is 12.6 Å². The summed E-state index contributed by atoms with van der Waals surface area (Å²) in [5, 5.41) is 5.80. The van der Waals surface area contributed by atoms with Crippen molar-refractivity contribution in [2.75, 3.05) is 20.1 Å². The first-order valence-corrected chi connectivity index (χ1v) is 4.64. The highest BCUT2D eigenvalue weighted by molar-refractivity contribution is 5.20. The minimum Gasteiger partial charge on any atom is -0.318 e. The van der Waals surface area contributed by atoms with Crippen LogP contribution in [-0.2, 0) is 6.54 Å². The molecule has 0 atom stereocenters. The Balaban J connectivity index is 2.58. The lowest BCUT2D eigenvalue weighted by atomic mass is 10.2. The average molecular weight is 218 g/mol. The molecule has 0 bridgehead atoms. The van der Waals surface area contributed by atoms with Crippen LogP contribution in [0.5, 0.6) is 0 Å². The molecule has 2 N–H and O–H groups in total. The zero-order valence-corrected chi connectivity index (χ0v) is 8.41. The van der Waals surface area contributed by atoms with Gasteiger partial charge in [-0.1, -0.05) is 6.07 Å². The van der Waals surface area contributed by atoms with Crippen LogP contribution in [0.15, 0.2) is 12.1 Å². The molecule has 0 aromatic heterocycles. The van der Waals surface area contributed by atoms with Crippen LogP contribution in [0.25, 0.3) is 0 Å². The third-order valence-electron chi connectivity index (χ3n) is 1.98. The monoisotopic (exact) mass is 218 g/mol. The molecule has 2 nitrogen and oxygen atoms in total. The summed E-state index contributed by atoms with van der Waals surface area (Å²) in [6.45, 7) is 1.55. The summed E-state index contributed by atoms with van der Waals surface area (Å²) in [5.74, 6) is -3.69. The van der Waals surface area contributed by atoms with E-state index < -0.39 is 17.5 Å². The highest BCUT2D eigenvalue weighted by Crippen LogP contribution is 2.14. The fourth-order valence-corrected chi connectivity index (χ4v) is 1.14. The SMILES string of the molecule is CNCCNCc1ccc(F)c(F)c1F. The smallest absolute Gasteiger partial charge is 0.194 e. The van der Waals surface area contributed by atoms with Crippen LogP contribution in [0.3, 0.4) is 0 Å². The summed E-state index contributed by atoms with van der Waals surface area (Å²) >= 11 is 0. The molecule has 0 unspecified atom stereocenters. The van der Waals surface area contributed by atoms with Gasteiger partial charge in [-0.3, -0.25) is 0 Å². The fraction of sp³-hybridized carbons (Fsp3) is 0.400. The minimum atomic E-state index is -1.41. The molecule has 84 valence electrons. The topological polar surface area (TPSA) is 24.1 Å². The molecule has 0 radical (unpaired) electrons. The maximum atomic E-state index is 13.1. The van der Waals surface area contributed by atoms with Gasteiger partial charge < -0.3 is 10.6 Å². The van der Waals surface area contributed by atoms with Crippen LogP contribution in [-0.4, -0.2) is 20.1 Å². The summed E-state index contributed by atoms with van der Waals surface area (Å²) < 4.78 is 38.4. The van der Waals surface area contributed by atoms with E-state index in [4.69, 9.17) is 0 Å². The zero-order chi connectivity index (χ0) is 11.3. The van der Waals surface area contributed by atoms with Gasteiger partial charge in [0.15, 0.2) is 17.5 Å². The highest BCUT2D eigenvalue weighted by Gasteiger charge is 2.12. The lowest BCUT2D eigenvalue weighted by molar-refractivity contribution is 0.438. The number of benzene rings is 1. The maximum absolute atomic E-state index is 13.1. The van der Waals surface area contributed by atoms with Crippen LogP contribution >= 0.6 is 0 Å². The van der Waals surface area contributed by atoms with Gasteiger partial charge in [0, 0.05) is 25.2 Å². The van der Waals surface area contributed by atoms with Crippen molar-refractivity contribution in [1.29, 1.82) is 0 Å². The van der Waals surface area contributed by atoms with Crippen molar-refractivity contribution < 1.29 is 13.2 Å². The van der Waals surface area contributed by atoms with Gasteiger partial charge in [0.1, 0.15) is 0 Å². The predicted molar refractivity (Wildman–Crippen MR) is 51.9 cm³/mol. The number of nitrogens with one attached hydrogen (secondary N) is 2. The van der Waals surface area contributed by atoms with Crippen LogP contribution in [0, 0.1) is 17.5 Å². The van der Waals surface area contributed by atoms with Gasteiger partial charge in [-0.05, 0) is 13.1 Å². The van der Waals surface area contributed by atoms with E-state index in [0.29, 0.717) is 6.54 Å². The molecule has 1 rings (SSSR count). The first kappa shape index (κ1) is 12.0. The molecule has 1 aromatic rings. The van der Waals surface area contributed by atoms with E-state index in [1.807, 2.05) is 0 Å². The van der Waals surface area contributed by atoms with E-state index in [1.165, 1.54) is 6.07 Å². The van der Waals surface area contributed by atoms with Gasteiger partial charge in [0.2, 0.25) is 0 Å². The Hall–Kier alpha value is -1.07. The van der Waals surface area contributed by atoms with Gasteiger partial charge in [-0.15, -0.1) is 0 Å². The van der Waals surface area contributed by atoms with E-state index in [9.17, 15) is 13.2 Å². The lowest BCUT2D eigenvalue weighted by Crippen LogP contribution is -2.25. The van der Waals surface area contributed by atoms with Crippen LogP contribution in [0.4, 0.5) is 13.2 Å². The second-order valence-electron chi connectivity index (χ2n) is 3.11. The fourth-order valence-electron chi connectivity index (χ4n) is 1.14. The number of hydrogen-bond acceptors (Lipinski definition) is 2. The maximum Gasteiger partial charge on any atom is 0.194 e. The summed E-state index contributed by atoms with van der Waals surface area (Å²) in [4.78, 5) is 0. The molecular formula is C10H13F3N2. The Bertz CT molecular complexity index is 329. The Labute approximate surface area is 86.5 Å². The van der Waals surface area contributed by atoms with Crippen molar-refractivity contribution >= 4 is 0 Å². The van der Waals surface area contributed by atoms with Crippen LogP contribution in [0.1, 0.15) is 5.56 Å². The lowest BCUT2D eigenvalue weighted by Gasteiger charge is -2.06. The molecule has 0 saturated heterocycles. The van der Waals surface area contributed by atoms with E-state index >= 15 is 0 Å². The summed E-state index contributed by atoms with van der Waals surface area (Å²) in [7, 11) is 1.79. The molecule has 15 heavy (non-hydrogen) atoms. The third kappa shape index (κ3) is 3.21. The first-order chi connectivity index (χ1) is 7.16. The van der Waals surface area contributed by atoms with Gasteiger partial charge in [0.05, 0.1) is 0 Å². The third-order valence-corrected chi connectivity index (χ3v) is 1.98. The summed E-state index contributed by atoms with van der Waals surface area (Å²) in [6, 6.07) is 2.16. The molecule has 5 heteroatoms. The van der Waals surface area contributed by atoms with Crippen molar-refractivity contribution in [3.8, 4) is 0 Å². The molecule has 1 aromatic carbocycles. The Morgan fingerprint density at radius 2 is 1.80 bits per heavy atom. The molecule has 0 aliphatic carbocycles. The summed E-state index contributed by atoms with van der Waals surface area (Å²) in [5.41, 5.74) is 0.130. The van der Waals surface area contributed by atoms with Crippen molar-refractivity contribution in [3.05, 3.63) is 35.1 Å². The molecule has 0 fully saturated rings. The Morgan fingerprint density at radius 1 is 1.07 bits per heavy atom. The number of rotatable bonds is 5. The predicted octanol–water partition coefficient (Wildman–Crippen LogP) is 1.41. The van der Waals surface area contributed by atoms with E-state index in [1.54, 1.807) is 7.05 Å². The molecule has 0 amide bonds. The zero-order valence-electron chi connectivity index (χ0n) is 8.41. The molecular weight excluding hydrogens is 205 g/mol. The number of hydrogen-bond donors (Lipinski definition) is 2. The second kappa shape index (κ2) is 5.72. The standard InChI is InChI=1S/C10H13F3N2/c1-14-4-5-15-6-7-2-3-8(11)10(13)9(7)12/h2-3,14-15H,4-6H2,1H3. The summed E-state index contributed by atoms with van der Waals surface area (Å²) in [6.07, 6.45) is 0. The van der Waals surface area contributed by atoms with Crippen LogP contribution in [0.2, 0.25) is 0 Å². The van der Waals surface area contributed by atoms with E-state index in [-0.39, 0.29) is 12.1 Å². The van der Waals surface area contributed by atoms with Gasteiger partial charge in [0.25, 0.3) is 0 Å². The van der Waals surface area contributed by atoms with Gasteiger partial charge in [-0.25, -0.2) is 13.2 Å². The van der Waals surface area contributed by atoms with Crippen molar-refractivity contribution in [3.63, 3.8) is 0 Å². The molecule has 0 aliphatic heterocycles. The molecule has 0 heterocycles. The average Bonchev–Trinajstić information content (AvgIpc) is 2.24. The molecule has 0 spiro atoms. The second-order valence-corrected chi connectivity index (χ2v) is 3.11. The number of likely N-dealkylation sites (N-methyl/N-ethyl adjacent to an activating group) is 1. The Morgan fingerprint density at radius 3 is 2.47 bits per heavy atom. The normalized spacial score (nSPS) is 10.7. The minimum absolute atomic E-state index is 0.130. The van der Waals surface area contributed by atoms with Crippen molar-refractivity contribution in [2.45, 2.75) is 6.54 Å². The van der Waals surface area contributed by atoms with E-state index in [2.05, 4.69) is 10.6 Å². The van der Waals surface area contributed by atoms with Crippen molar-refractivity contribution in [1.82, 2.24) is 10.6 Å². The molecule has 0 aliphatic rings.